The van der Waals surface area contributed by atoms with Crippen LogP contribution in [0.2, 0.25) is 0 Å². The molecule has 2 rings (SSSR count). The first kappa shape index (κ1) is 19.5. The van der Waals surface area contributed by atoms with E-state index in [1.165, 1.54) is 7.11 Å². The Labute approximate surface area is 142 Å². The fraction of sp³-hybridized carbons (Fsp3) is 0.867. The lowest BCUT2D eigenvalue weighted by Gasteiger charge is -2.47. The summed E-state index contributed by atoms with van der Waals surface area (Å²) in [6.07, 6.45) is -2.28. The van der Waals surface area contributed by atoms with Crippen LogP contribution in [0.4, 0.5) is 0 Å². The van der Waals surface area contributed by atoms with Crippen LogP contribution in [0.15, 0.2) is 11.8 Å². The largest absolute Gasteiger partial charge is 0.398 e. The molecule has 0 aromatic heterocycles. The zero-order valence-electron chi connectivity index (χ0n) is 14.3. The number of nitrogens with two attached hydrogens (primary N) is 3. The number of ether oxygens (including phenoxy) is 3. The predicted octanol–water partition coefficient (Wildman–Crippen LogP) is -2.66. The lowest BCUT2D eigenvalue weighted by atomic mass is 9.81. The highest BCUT2D eigenvalue weighted by atomic mass is 16.7. The molecule has 1 aliphatic carbocycles. The van der Waals surface area contributed by atoms with Crippen molar-refractivity contribution in [3.63, 3.8) is 0 Å². The number of aliphatic hydroxyl groups is 2. The number of rotatable bonds is 5. The van der Waals surface area contributed by atoms with E-state index >= 15 is 0 Å². The molecular weight excluding hydrogens is 316 g/mol. The number of hydrogen-bond acceptors (Lipinski definition) is 9. The van der Waals surface area contributed by atoms with Gasteiger partial charge in [0.1, 0.15) is 12.2 Å². The van der Waals surface area contributed by atoms with E-state index in [1.54, 1.807) is 13.1 Å². The van der Waals surface area contributed by atoms with Crippen LogP contribution >= 0.6 is 0 Å². The summed E-state index contributed by atoms with van der Waals surface area (Å²) in [5.41, 5.74) is 18.3. The summed E-state index contributed by atoms with van der Waals surface area (Å²) in [6, 6.07) is -1.60. The van der Waals surface area contributed by atoms with Gasteiger partial charge in [0, 0.05) is 13.2 Å². The van der Waals surface area contributed by atoms with E-state index in [1.807, 2.05) is 6.92 Å². The molecular formula is C15H30N4O5. The van der Waals surface area contributed by atoms with Crippen LogP contribution in [0.5, 0.6) is 0 Å². The quantitative estimate of drug-likeness (QED) is 0.312. The third-order valence-electron chi connectivity index (χ3n) is 4.80. The highest BCUT2D eigenvalue weighted by Crippen LogP contribution is 2.28. The normalized spacial score (nSPS) is 44.9. The molecule has 0 aromatic carbocycles. The van der Waals surface area contributed by atoms with Crippen molar-refractivity contribution in [1.29, 1.82) is 0 Å². The monoisotopic (exact) mass is 346 g/mol. The molecule has 3 unspecified atom stereocenters. The highest BCUT2D eigenvalue weighted by molar-refractivity contribution is 5.09. The maximum Gasteiger partial charge on any atom is 0.198 e. The van der Waals surface area contributed by atoms with Gasteiger partial charge in [-0.25, -0.2) is 0 Å². The van der Waals surface area contributed by atoms with Gasteiger partial charge in [-0.05, 0) is 20.4 Å². The zero-order chi connectivity index (χ0) is 18.0. The molecule has 0 amide bonds. The van der Waals surface area contributed by atoms with Crippen molar-refractivity contribution < 1.29 is 24.4 Å². The van der Waals surface area contributed by atoms with Crippen LogP contribution in [0.1, 0.15) is 13.3 Å². The topological polar surface area (TPSA) is 158 Å². The minimum absolute atomic E-state index is 0.195. The van der Waals surface area contributed by atoms with Crippen LogP contribution in [0.25, 0.3) is 0 Å². The van der Waals surface area contributed by atoms with Crippen molar-refractivity contribution in [2.45, 2.75) is 68.3 Å². The summed E-state index contributed by atoms with van der Waals surface area (Å²) >= 11 is 0. The van der Waals surface area contributed by atoms with Crippen molar-refractivity contribution in [1.82, 2.24) is 5.32 Å². The molecule has 1 heterocycles. The molecule has 0 saturated heterocycles. The Morgan fingerprint density at radius 2 is 2.00 bits per heavy atom. The number of nitrogens with one attached hydrogen (secondary N) is 1. The molecule has 9 atom stereocenters. The van der Waals surface area contributed by atoms with Crippen molar-refractivity contribution in [3.8, 4) is 0 Å². The van der Waals surface area contributed by atoms with Crippen molar-refractivity contribution in [2.75, 3.05) is 14.2 Å². The van der Waals surface area contributed by atoms with Crippen molar-refractivity contribution in [2.24, 2.45) is 17.2 Å². The number of hydrogen-bond donors (Lipinski definition) is 6. The molecule has 0 radical (unpaired) electrons. The Bertz CT molecular complexity index is 450. The lowest BCUT2D eigenvalue weighted by Crippen LogP contribution is -2.71. The van der Waals surface area contributed by atoms with E-state index in [0.29, 0.717) is 12.1 Å². The SMILES string of the molecule is CN[C@H]1[C@@H](O)[C@H](OC2OC(C(C)N)CC=C2N)[C@@H](N)[C@H](O)[C@@H]1OC. The van der Waals surface area contributed by atoms with Gasteiger partial charge in [-0.3, -0.25) is 0 Å². The van der Waals surface area contributed by atoms with Gasteiger partial charge in [-0.15, -0.1) is 0 Å². The number of aliphatic hydroxyl groups excluding tert-OH is 2. The van der Waals surface area contributed by atoms with Gasteiger partial charge >= 0.3 is 0 Å². The summed E-state index contributed by atoms with van der Waals surface area (Å²) in [7, 11) is 3.12. The van der Waals surface area contributed by atoms with Gasteiger partial charge in [0.25, 0.3) is 0 Å². The van der Waals surface area contributed by atoms with Crippen LogP contribution in [-0.2, 0) is 14.2 Å². The molecule has 2 aliphatic rings. The Morgan fingerprint density at radius 3 is 2.54 bits per heavy atom. The average Bonchev–Trinajstić information content (AvgIpc) is 2.55. The van der Waals surface area contributed by atoms with Gasteiger partial charge in [0.2, 0.25) is 0 Å². The predicted molar refractivity (Wildman–Crippen MR) is 87.7 cm³/mol. The summed E-state index contributed by atoms with van der Waals surface area (Å²) < 4.78 is 16.9. The van der Waals surface area contributed by atoms with Gasteiger partial charge in [0.05, 0.1) is 36.1 Å². The third-order valence-corrected chi connectivity index (χ3v) is 4.80. The molecule has 1 fully saturated rings. The van der Waals surface area contributed by atoms with E-state index in [0.717, 1.165) is 0 Å². The number of likely N-dealkylation sites (N-methyl/N-ethyl adjacent to an activating group) is 1. The maximum absolute atomic E-state index is 10.6. The molecule has 0 bridgehead atoms. The average molecular weight is 346 g/mol. The summed E-state index contributed by atoms with van der Waals surface area (Å²) in [5, 5.41) is 23.9. The molecule has 0 aromatic rings. The van der Waals surface area contributed by atoms with Gasteiger partial charge < -0.3 is 46.9 Å². The molecule has 140 valence electrons. The Morgan fingerprint density at radius 1 is 1.33 bits per heavy atom. The smallest absolute Gasteiger partial charge is 0.198 e. The minimum Gasteiger partial charge on any atom is -0.398 e. The Balaban J connectivity index is 2.15. The fourth-order valence-electron chi connectivity index (χ4n) is 3.28. The van der Waals surface area contributed by atoms with Crippen LogP contribution < -0.4 is 22.5 Å². The van der Waals surface area contributed by atoms with E-state index in [9.17, 15) is 10.2 Å². The highest BCUT2D eigenvalue weighted by Gasteiger charge is 2.50. The van der Waals surface area contributed by atoms with E-state index in [2.05, 4.69) is 5.32 Å². The Kier molecular flexibility index (Phi) is 6.57. The fourth-order valence-corrected chi connectivity index (χ4v) is 3.28. The van der Waals surface area contributed by atoms with E-state index in [-0.39, 0.29) is 12.1 Å². The summed E-state index contributed by atoms with van der Waals surface area (Å²) in [5.74, 6) is 0. The Hall–Kier alpha value is -0.780. The second-order valence-electron chi connectivity index (χ2n) is 6.48. The van der Waals surface area contributed by atoms with Crippen molar-refractivity contribution >= 4 is 0 Å². The van der Waals surface area contributed by atoms with Crippen molar-refractivity contribution in [3.05, 3.63) is 11.8 Å². The minimum atomic E-state index is -1.01. The van der Waals surface area contributed by atoms with Crippen LogP contribution in [-0.4, -0.2) is 79.3 Å². The second kappa shape index (κ2) is 8.07. The zero-order valence-corrected chi connectivity index (χ0v) is 14.3. The van der Waals surface area contributed by atoms with Crippen LogP contribution in [0, 0.1) is 0 Å². The number of methoxy groups -OCH3 is 1. The first-order valence-corrected chi connectivity index (χ1v) is 8.15. The van der Waals surface area contributed by atoms with E-state index < -0.39 is 42.8 Å². The molecule has 0 spiro atoms. The molecule has 24 heavy (non-hydrogen) atoms. The summed E-state index contributed by atoms with van der Waals surface area (Å²) in [6.45, 7) is 1.84. The van der Waals surface area contributed by atoms with Gasteiger partial charge in [-0.2, -0.15) is 0 Å². The third kappa shape index (κ3) is 3.73. The van der Waals surface area contributed by atoms with E-state index in [4.69, 9.17) is 31.4 Å². The first-order valence-electron chi connectivity index (χ1n) is 8.15. The second-order valence-corrected chi connectivity index (χ2v) is 6.48. The lowest BCUT2D eigenvalue weighted by molar-refractivity contribution is -0.235. The van der Waals surface area contributed by atoms with Gasteiger partial charge in [-0.1, -0.05) is 6.08 Å². The van der Waals surface area contributed by atoms with Crippen LogP contribution in [0.3, 0.4) is 0 Å². The molecule has 9 nitrogen and oxygen atoms in total. The molecule has 1 aliphatic heterocycles. The van der Waals surface area contributed by atoms with Gasteiger partial charge in [0.15, 0.2) is 6.29 Å². The molecule has 9 N–H and O–H groups in total. The maximum atomic E-state index is 10.6. The molecule has 9 heteroatoms. The summed E-state index contributed by atoms with van der Waals surface area (Å²) in [4.78, 5) is 0. The molecule has 1 saturated carbocycles. The first-order chi connectivity index (χ1) is 11.3. The standard InChI is InChI=1S/C15H30N4O5/c1-6(16)8-5-4-7(17)15(23-8)24-13-9(18)11(20)14(22-3)10(19-2)12(13)21/h4,6,8-15,19-21H,5,16-18H2,1-3H3/t6?,8?,9-,10-,11-,12+,13+,14+,15?/m0/s1.